The summed E-state index contributed by atoms with van der Waals surface area (Å²) in [6.07, 6.45) is 1.08. The molecule has 0 spiro atoms. The molecule has 21 heavy (non-hydrogen) atoms. The minimum Gasteiger partial charge on any atom is -0.383 e. The summed E-state index contributed by atoms with van der Waals surface area (Å²) in [4.78, 5) is 11.8. The molecule has 0 unspecified atom stereocenters. The topological polar surface area (TPSA) is 63.8 Å². The van der Waals surface area contributed by atoms with Crippen LogP contribution in [0.5, 0.6) is 0 Å². The second kappa shape index (κ2) is 6.02. The fraction of sp³-hybridized carbons (Fsp3) is 0.500. The zero-order chi connectivity index (χ0) is 15.6. The van der Waals surface area contributed by atoms with E-state index in [4.69, 9.17) is 5.73 Å². The summed E-state index contributed by atoms with van der Waals surface area (Å²) in [7, 11) is 0. The van der Waals surface area contributed by atoms with Crippen LogP contribution in [0.15, 0.2) is 12.1 Å². The van der Waals surface area contributed by atoms with Crippen LogP contribution < -0.4 is 11.1 Å². The average molecular weight is 304 g/mol. The van der Waals surface area contributed by atoms with Gasteiger partial charge in [0.05, 0.1) is 6.54 Å². The van der Waals surface area contributed by atoms with Crippen molar-refractivity contribution < 1.29 is 0 Å². The Labute approximate surface area is 130 Å². The van der Waals surface area contributed by atoms with E-state index in [9.17, 15) is 0 Å². The second-order valence-corrected chi connectivity index (χ2v) is 7.48. The molecule has 0 aliphatic heterocycles. The molecule has 0 aromatic carbocycles. The lowest BCUT2D eigenvalue weighted by molar-refractivity contribution is 0.546. The first kappa shape index (κ1) is 15.8. The van der Waals surface area contributed by atoms with Crippen LogP contribution in [0.3, 0.4) is 0 Å². The molecule has 5 heteroatoms. The molecule has 0 aliphatic carbocycles. The third kappa shape index (κ3) is 3.73. The lowest BCUT2D eigenvalue weighted by Crippen LogP contribution is -2.19. The first-order chi connectivity index (χ1) is 9.81. The maximum absolute atomic E-state index is 6.02. The Kier molecular flexibility index (Phi) is 4.52. The van der Waals surface area contributed by atoms with Crippen LogP contribution in [0.25, 0.3) is 0 Å². The minimum atomic E-state index is -0.115. The van der Waals surface area contributed by atoms with Crippen LogP contribution in [0.2, 0.25) is 0 Å². The quantitative estimate of drug-likeness (QED) is 0.899. The molecular formula is C16H24N4S. The molecule has 0 saturated heterocycles. The first-order valence-corrected chi connectivity index (χ1v) is 8.09. The molecule has 0 radical (unpaired) electrons. The van der Waals surface area contributed by atoms with Gasteiger partial charge < -0.3 is 11.1 Å². The van der Waals surface area contributed by atoms with Gasteiger partial charge in [-0.05, 0) is 25.5 Å². The van der Waals surface area contributed by atoms with Gasteiger partial charge in [0, 0.05) is 20.7 Å². The number of thiophene rings is 1. The highest BCUT2D eigenvalue weighted by Gasteiger charge is 2.20. The minimum absolute atomic E-state index is 0.115. The SMILES string of the molecule is CCc1ccc(CNc2nc(C(C)(C)C)nc(N)c2C)s1. The monoisotopic (exact) mass is 304 g/mol. The van der Waals surface area contributed by atoms with Crippen molar-refractivity contribution >= 4 is 23.0 Å². The molecule has 3 N–H and O–H groups in total. The van der Waals surface area contributed by atoms with Gasteiger partial charge in [-0.3, -0.25) is 0 Å². The van der Waals surface area contributed by atoms with Crippen LogP contribution in [-0.4, -0.2) is 9.97 Å². The van der Waals surface area contributed by atoms with E-state index in [0.717, 1.165) is 30.2 Å². The Morgan fingerprint density at radius 2 is 1.86 bits per heavy atom. The summed E-state index contributed by atoms with van der Waals surface area (Å²) < 4.78 is 0. The maximum Gasteiger partial charge on any atom is 0.138 e. The Balaban J connectivity index is 2.21. The summed E-state index contributed by atoms with van der Waals surface area (Å²) in [5.74, 6) is 2.16. The number of rotatable bonds is 4. The highest BCUT2D eigenvalue weighted by atomic mass is 32.1. The molecule has 0 saturated carbocycles. The van der Waals surface area contributed by atoms with Crippen LogP contribution >= 0.6 is 11.3 Å². The van der Waals surface area contributed by atoms with Crippen molar-refractivity contribution in [1.82, 2.24) is 9.97 Å². The number of hydrogen-bond acceptors (Lipinski definition) is 5. The molecule has 0 atom stereocenters. The zero-order valence-corrected chi connectivity index (χ0v) is 14.3. The average Bonchev–Trinajstić information content (AvgIpc) is 2.87. The smallest absolute Gasteiger partial charge is 0.138 e. The molecule has 114 valence electrons. The van der Waals surface area contributed by atoms with E-state index in [1.165, 1.54) is 9.75 Å². The van der Waals surface area contributed by atoms with Crippen molar-refractivity contribution in [1.29, 1.82) is 0 Å². The van der Waals surface area contributed by atoms with Gasteiger partial charge in [-0.15, -0.1) is 11.3 Å². The van der Waals surface area contributed by atoms with Gasteiger partial charge in [-0.25, -0.2) is 9.97 Å². The third-order valence-corrected chi connectivity index (χ3v) is 4.58. The number of hydrogen-bond donors (Lipinski definition) is 2. The van der Waals surface area contributed by atoms with Crippen LogP contribution in [-0.2, 0) is 18.4 Å². The summed E-state index contributed by atoms with van der Waals surface area (Å²) in [5, 5.41) is 3.40. The summed E-state index contributed by atoms with van der Waals surface area (Å²) in [5.41, 5.74) is 6.82. The van der Waals surface area contributed by atoms with Crippen molar-refractivity contribution in [3.05, 3.63) is 33.3 Å². The van der Waals surface area contributed by atoms with Crippen molar-refractivity contribution in [3.8, 4) is 0 Å². The fourth-order valence-electron chi connectivity index (χ4n) is 1.92. The van der Waals surface area contributed by atoms with Gasteiger partial charge in [0.15, 0.2) is 0 Å². The molecule has 2 aromatic rings. The lowest BCUT2D eigenvalue weighted by Gasteiger charge is -2.19. The van der Waals surface area contributed by atoms with Crippen molar-refractivity contribution in [2.24, 2.45) is 0 Å². The van der Waals surface area contributed by atoms with E-state index in [2.05, 4.69) is 55.1 Å². The summed E-state index contributed by atoms with van der Waals surface area (Å²) in [6, 6.07) is 4.35. The van der Waals surface area contributed by atoms with Gasteiger partial charge in [-0.1, -0.05) is 27.7 Å². The predicted molar refractivity (Wildman–Crippen MR) is 90.9 cm³/mol. The van der Waals surface area contributed by atoms with Crippen molar-refractivity contribution in [2.75, 3.05) is 11.1 Å². The first-order valence-electron chi connectivity index (χ1n) is 7.27. The normalized spacial score (nSPS) is 11.7. The maximum atomic E-state index is 6.02. The number of nitrogens with one attached hydrogen (secondary N) is 1. The highest BCUT2D eigenvalue weighted by molar-refractivity contribution is 7.12. The molecule has 2 aromatic heterocycles. The molecule has 4 nitrogen and oxygen atoms in total. The van der Waals surface area contributed by atoms with Crippen LogP contribution in [0.4, 0.5) is 11.6 Å². The Bertz CT molecular complexity index is 626. The Hall–Kier alpha value is -1.62. The third-order valence-electron chi connectivity index (χ3n) is 3.35. The van der Waals surface area contributed by atoms with E-state index < -0.39 is 0 Å². The fourth-order valence-corrected chi connectivity index (χ4v) is 2.82. The van der Waals surface area contributed by atoms with Gasteiger partial charge in [0.25, 0.3) is 0 Å². The van der Waals surface area contributed by atoms with E-state index in [1.54, 1.807) is 0 Å². The highest BCUT2D eigenvalue weighted by Crippen LogP contribution is 2.25. The number of aryl methyl sites for hydroxylation is 1. The van der Waals surface area contributed by atoms with E-state index in [0.29, 0.717) is 5.82 Å². The molecule has 0 amide bonds. The zero-order valence-electron chi connectivity index (χ0n) is 13.4. The largest absolute Gasteiger partial charge is 0.383 e. The van der Waals surface area contributed by atoms with Crippen molar-refractivity contribution in [3.63, 3.8) is 0 Å². The standard InChI is InChI=1S/C16H24N4S/c1-6-11-7-8-12(21-11)9-18-14-10(2)13(17)19-15(20-14)16(3,4)5/h7-8H,6,9H2,1-5H3,(H3,17,18,19,20). The predicted octanol–water partition coefficient (Wildman–Crippen LogP) is 3.90. The molecule has 0 fully saturated rings. The van der Waals surface area contributed by atoms with E-state index >= 15 is 0 Å². The molecule has 2 rings (SSSR count). The number of anilines is 2. The van der Waals surface area contributed by atoms with E-state index in [1.807, 2.05) is 18.3 Å². The number of nitrogen functional groups attached to an aromatic ring is 1. The summed E-state index contributed by atoms with van der Waals surface area (Å²) in [6.45, 7) is 11.2. The number of nitrogens with zero attached hydrogens (tertiary/aromatic N) is 2. The lowest BCUT2D eigenvalue weighted by atomic mass is 9.95. The molecular weight excluding hydrogens is 280 g/mol. The van der Waals surface area contributed by atoms with Gasteiger partial charge >= 0.3 is 0 Å². The van der Waals surface area contributed by atoms with Crippen LogP contribution in [0.1, 0.15) is 48.8 Å². The Morgan fingerprint density at radius 3 is 2.43 bits per heavy atom. The van der Waals surface area contributed by atoms with Crippen molar-refractivity contribution in [2.45, 2.75) is 53.0 Å². The number of aromatic nitrogens is 2. The summed E-state index contributed by atoms with van der Waals surface area (Å²) >= 11 is 1.83. The van der Waals surface area contributed by atoms with Crippen LogP contribution in [0, 0.1) is 6.92 Å². The second-order valence-electron chi connectivity index (χ2n) is 6.23. The Morgan fingerprint density at radius 1 is 1.19 bits per heavy atom. The van der Waals surface area contributed by atoms with Gasteiger partial charge in [-0.2, -0.15) is 0 Å². The van der Waals surface area contributed by atoms with E-state index in [-0.39, 0.29) is 5.41 Å². The molecule has 0 bridgehead atoms. The molecule has 0 aliphatic rings. The van der Waals surface area contributed by atoms with Gasteiger partial charge in [0.2, 0.25) is 0 Å². The molecule has 2 heterocycles. The number of nitrogens with two attached hydrogens (primary N) is 1. The van der Waals surface area contributed by atoms with Gasteiger partial charge in [0.1, 0.15) is 17.5 Å².